The minimum Gasteiger partial charge on any atom is -0.493 e. The molecule has 1 unspecified atom stereocenters. The molecule has 1 amide bonds. The van der Waals surface area contributed by atoms with Crippen LogP contribution in [0.2, 0.25) is 0 Å². The molecule has 0 bridgehead atoms. The molecule has 0 radical (unpaired) electrons. The summed E-state index contributed by atoms with van der Waals surface area (Å²) < 4.78 is 33.5. The van der Waals surface area contributed by atoms with Gasteiger partial charge in [-0.3, -0.25) is 4.79 Å². The largest absolute Gasteiger partial charge is 0.493 e. The number of benzene rings is 2. The zero-order valence-corrected chi connectivity index (χ0v) is 17.1. The number of primary sulfonamides is 1. The Morgan fingerprint density at radius 2 is 1.79 bits per heavy atom. The molecule has 0 aliphatic rings. The molecule has 0 heterocycles. The van der Waals surface area contributed by atoms with Gasteiger partial charge in [0.2, 0.25) is 15.9 Å². The third-order valence-electron chi connectivity index (χ3n) is 4.42. The first kappa shape index (κ1) is 21.5. The van der Waals surface area contributed by atoms with E-state index in [-0.39, 0.29) is 16.8 Å². The summed E-state index contributed by atoms with van der Waals surface area (Å²) in [6, 6.07) is 11.2. The van der Waals surface area contributed by atoms with Crippen LogP contribution in [0.1, 0.15) is 24.1 Å². The minimum absolute atomic E-state index is 0.0126. The predicted molar refractivity (Wildman–Crippen MR) is 108 cm³/mol. The predicted octanol–water partition coefficient (Wildman–Crippen LogP) is 2.58. The molecule has 0 aliphatic heterocycles. The summed E-state index contributed by atoms with van der Waals surface area (Å²) in [6.45, 7) is 1.81. The van der Waals surface area contributed by atoms with E-state index in [4.69, 9.17) is 14.6 Å². The Bertz CT molecular complexity index is 986. The summed E-state index contributed by atoms with van der Waals surface area (Å²) in [7, 11) is 0.942. The lowest BCUT2D eigenvalue weighted by molar-refractivity contribution is -0.126. The fourth-order valence-corrected chi connectivity index (χ4v) is 3.18. The van der Waals surface area contributed by atoms with Crippen LogP contribution in [0.15, 0.2) is 53.4 Å². The van der Waals surface area contributed by atoms with Gasteiger partial charge in [0.15, 0.2) is 11.5 Å². The first-order chi connectivity index (χ1) is 13.2. The number of nitrogens with two attached hydrogens (primary N) is 1. The first-order valence-electron chi connectivity index (χ1n) is 8.47. The fraction of sp³-hybridized carbons (Fsp3) is 0.250. The lowest BCUT2D eigenvalue weighted by atomic mass is 10.1. The second-order valence-electron chi connectivity index (χ2n) is 6.19. The zero-order chi connectivity index (χ0) is 20.9. The van der Waals surface area contributed by atoms with Crippen LogP contribution in [0, 0.1) is 0 Å². The van der Waals surface area contributed by atoms with E-state index >= 15 is 0 Å². The molecule has 0 fully saturated rings. The number of carbonyl (C=O) groups excluding carboxylic acids is 1. The third kappa shape index (κ3) is 5.11. The van der Waals surface area contributed by atoms with Crippen LogP contribution >= 0.6 is 0 Å². The Labute approximate surface area is 165 Å². The molecular formula is C20H24N2O5S. The average Bonchev–Trinajstić information content (AvgIpc) is 2.69. The van der Waals surface area contributed by atoms with Crippen molar-refractivity contribution in [2.45, 2.75) is 17.9 Å². The summed E-state index contributed by atoms with van der Waals surface area (Å²) in [5, 5.41) is 5.18. The summed E-state index contributed by atoms with van der Waals surface area (Å²) >= 11 is 0. The van der Waals surface area contributed by atoms with Crippen LogP contribution in [0.4, 0.5) is 0 Å². The number of ether oxygens (including phenoxy) is 2. The van der Waals surface area contributed by atoms with E-state index < -0.39 is 10.0 Å². The number of sulfonamides is 1. The highest BCUT2D eigenvalue weighted by molar-refractivity contribution is 7.89. The summed E-state index contributed by atoms with van der Waals surface area (Å²) in [5.41, 5.74) is 1.45. The van der Waals surface area contributed by atoms with Gasteiger partial charge >= 0.3 is 0 Å². The van der Waals surface area contributed by atoms with Gasteiger partial charge in [-0.05, 0) is 48.4 Å². The van der Waals surface area contributed by atoms with Gasteiger partial charge in [-0.25, -0.2) is 13.6 Å². The molecule has 0 saturated carbocycles. The Morgan fingerprint density at radius 3 is 2.39 bits per heavy atom. The van der Waals surface area contributed by atoms with Crippen molar-refractivity contribution >= 4 is 22.0 Å². The second-order valence-corrected chi connectivity index (χ2v) is 7.75. The standard InChI is InChI=1S/C20H24N2O5S/c1-14(16-6-5-7-17(13-16)28(21,24)25)22(2)20(23)11-9-15-8-10-18(26-3)19(12-15)27-4/h5-14H,1-4H3,(H2,21,24,25)/b11-9+. The van der Waals surface area contributed by atoms with Crippen molar-refractivity contribution in [2.24, 2.45) is 5.14 Å². The normalized spacial score (nSPS) is 12.6. The zero-order valence-electron chi connectivity index (χ0n) is 16.2. The van der Waals surface area contributed by atoms with Crippen molar-refractivity contribution in [1.82, 2.24) is 4.90 Å². The van der Waals surface area contributed by atoms with Gasteiger partial charge in [0.25, 0.3) is 0 Å². The summed E-state index contributed by atoms with van der Waals surface area (Å²) in [4.78, 5) is 14.1. The minimum atomic E-state index is -3.80. The number of nitrogens with zero attached hydrogens (tertiary/aromatic N) is 1. The van der Waals surface area contributed by atoms with Crippen LogP contribution in [-0.2, 0) is 14.8 Å². The van der Waals surface area contributed by atoms with E-state index in [2.05, 4.69) is 0 Å². The Balaban J connectivity index is 2.17. The van der Waals surface area contributed by atoms with Crippen LogP contribution in [-0.4, -0.2) is 40.5 Å². The maximum atomic E-state index is 12.5. The van der Waals surface area contributed by atoms with Gasteiger partial charge in [-0.2, -0.15) is 0 Å². The van der Waals surface area contributed by atoms with Crippen LogP contribution in [0.5, 0.6) is 11.5 Å². The highest BCUT2D eigenvalue weighted by Crippen LogP contribution is 2.28. The van der Waals surface area contributed by atoms with E-state index in [1.54, 1.807) is 51.6 Å². The van der Waals surface area contributed by atoms with Gasteiger partial charge in [-0.1, -0.05) is 18.2 Å². The van der Waals surface area contributed by atoms with Crippen molar-refractivity contribution in [3.05, 3.63) is 59.7 Å². The summed E-state index contributed by atoms with van der Waals surface area (Å²) in [6.07, 6.45) is 3.12. The maximum Gasteiger partial charge on any atom is 0.246 e. The molecule has 0 aliphatic carbocycles. The number of rotatable bonds is 7. The molecule has 2 aromatic rings. The molecule has 7 nitrogen and oxygen atoms in total. The highest BCUT2D eigenvalue weighted by atomic mass is 32.2. The summed E-state index contributed by atoms with van der Waals surface area (Å²) in [5.74, 6) is 0.938. The molecule has 1 atom stereocenters. The fourth-order valence-electron chi connectivity index (χ4n) is 2.61. The van der Waals surface area contributed by atoms with Crippen molar-refractivity contribution in [2.75, 3.05) is 21.3 Å². The maximum absolute atomic E-state index is 12.5. The SMILES string of the molecule is COc1ccc(/C=C/C(=O)N(C)C(C)c2cccc(S(N)(=O)=O)c2)cc1OC. The van der Waals surface area contributed by atoms with Crippen LogP contribution < -0.4 is 14.6 Å². The number of likely N-dealkylation sites (N-methyl/N-ethyl adjacent to an activating group) is 1. The lowest BCUT2D eigenvalue weighted by Crippen LogP contribution is -2.28. The van der Waals surface area contributed by atoms with Gasteiger partial charge in [0.1, 0.15) is 0 Å². The van der Waals surface area contributed by atoms with Crippen LogP contribution in [0.3, 0.4) is 0 Å². The van der Waals surface area contributed by atoms with Gasteiger partial charge in [-0.15, -0.1) is 0 Å². The number of methoxy groups -OCH3 is 2. The Hall–Kier alpha value is -2.84. The van der Waals surface area contributed by atoms with Crippen LogP contribution in [0.25, 0.3) is 6.08 Å². The number of hydrogen-bond acceptors (Lipinski definition) is 5. The molecular weight excluding hydrogens is 380 g/mol. The molecule has 0 saturated heterocycles. The van der Waals surface area contributed by atoms with Crippen molar-refractivity contribution in [3.63, 3.8) is 0 Å². The molecule has 2 aromatic carbocycles. The number of carbonyl (C=O) groups is 1. The molecule has 28 heavy (non-hydrogen) atoms. The van der Waals surface area contributed by atoms with Gasteiger partial charge in [0, 0.05) is 13.1 Å². The molecule has 2 rings (SSSR count). The quantitative estimate of drug-likeness (QED) is 0.715. The van der Waals surface area contributed by atoms with E-state index in [0.29, 0.717) is 17.1 Å². The van der Waals surface area contributed by atoms with E-state index in [1.165, 1.54) is 23.1 Å². The van der Waals surface area contributed by atoms with E-state index in [1.807, 2.05) is 13.0 Å². The molecule has 2 N–H and O–H groups in total. The van der Waals surface area contributed by atoms with E-state index in [0.717, 1.165) is 5.56 Å². The van der Waals surface area contributed by atoms with Crippen molar-refractivity contribution < 1.29 is 22.7 Å². The number of hydrogen-bond donors (Lipinski definition) is 1. The third-order valence-corrected chi connectivity index (χ3v) is 5.33. The van der Waals surface area contributed by atoms with Gasteiger partial charge < -0.3 is 14.4 Å². The molecule has 0 aromatic heterocycles. The topological polar surface area (TPSA) is 98.9 Å². The number of amides is 1. The van der Waals surface area contributed by atoms with Crippen molar-refractivity contribution in [1.29, 1.82) is 0 Å². The monoisotopic (exact) mass is 404 g/mol. The average molecular weight is 404 g/mol. The Morgan fingerprint density at radius 1 is 1.11 bits per heavy atom. The lowest BCUT2D eigenvalue weighted by Gasteiger charge is -2.24. The second kappa shape index (κ2) is 8.90. The molecule has 150 valence electrons. The van der Waals surface area contributed by atoms with Gasteiger partial charge in [0.05, 0.1) is 25.2 Å². The highest BCUT2D eigenvalue weighted by Gasteiger charge is 2.17. The molecule has 8 heteroatoms. The smallest absolute Gasteiger partial charge is 0.246 e. The van der Waals surface area contributed by atoms with Crippen molar-refractivity contribution in [3.8, 4) is 11.5 Å². The molecule has 0 spiro atoms. The Kier molecular flexibility index (Phi) is 6.82. The first-order valence-corrected chi connectivity index (χ1v) is 10.0. The van der Waals surface area contributed by atoms with E-state index in [9.17, 15) is 13.2 Å².